The van der Waals surface area contributed by atoms with Gasteiger partial charge in [-0.25, -0.2) is 4.39 Å². The zero-order chi connectivity index (χ0) is 19.4. The van der Waals surface area contributed by atoms with E-state index in [1.807, 2.05) is 13.8 Å². The normalized spacial score (nSPS) is 11.8. The first kappa shape index (κ1) is 19.5. The Kier molecular flexibility index (Phi) is 6.02. The predicted molar refractivity (Wildman–Crippen MR) is 96.0 cm³/mol. The van der Waals surface area contributed by atoms with Crippen molar-refractivity contribution in [3.05, 3.63) is 56.6 Å². The van der Waals surface area contributed by atoms with Crippen LogP contribution in [-0.2, 0) is 6.67 Å². The van der Waals surface area contributed by atoms with Gasteiger partial charge in [-0.2, -0.15) is 0 Å². The van der Waals surface area contributed by atoms with Gasteiger partial charge in [-0.05, 0) is 55.7 Å². The van der Waals surface area contributed by atoms with Crippen molar-refractivity contribution in [2.24, 2.45) is 0 Å². The third-order valence-electron chi connectivity index (χ3n) is 4.14. The van der Waals surface area contributed by atoms with E-state index in [9.17, 15) is 14.5 Å². The van der Waals surface area contributed by atoms with Crippen molar-refractivity contribution in [1.29, 1.82) is 0 Å². The molecular weight excluding hydrogens is 341 g/mol. The van der Waals surface area contributed by atoms with E-state index >= 15 is 0 Å². The molecule has 2 rings (SSSR count). The minimum atomic E-state index is -0.621. The Balaban J connectivity index is 2.47. The number of hydrogen-bond acceptors (Lipinski definition) is 5. The number of alkyl halides is 1. The molecule has 6 nitrogen and oxygen atoms in total. The molecule has 0 aliphatic rings. The molecular formula is C19H22FNO5. The predicted octanol–water partition coefficient (Wildman–Crippen LogP) is 4.84. The van der Waals surface area contributed by atoms with Gasteiger partial charge >= 0.3 is 0 Å². The number of nitrogens with zero attached hydrogens (tertiary/aromatic N) is 1. The summed E-state index contributed by atoms with van der Waals surface area (Å²) < 4.78 is 29.3. The van der Waals surface area contributed by atoms with Crippen LogP contribution in [0.15, 0.2) is 24.3 Å². The van der Waals surface area contributed by atoms with Crippen LogP contribution in [0.3, 0.4) is 0 Å². The summed E-state index contributed by atoms with van der Waals surface area (Å²) in [7, 11) is 2.88. The molecule has 1 atom stereocenters. The van der Waals surface area contributed by atoms with Gasteiger partial charge in [0, 0.05) is 0 Å². The minimum Gasteiger partial charge on any atom is -0.493 e. The van der Waals surface area contributed by atoms with E-state index < -0.39 is 17.7 Å². The van der Waals surface area contributed by atoms with Crippen LogP contribution in [0.1, 0.15) is 35.3 Å². The number of methoxy groups -OCH3 is 2. The van der Waals surface area contributed by atoms with Crippen molar-refractivity contribution in [3.63, 3.8) is 0 Å². The Morgan fingerprint density at radius 2 is 1.62 bits per heavy atom. The number of halogens is 1. The molecule has 26 heavy (non-hydrogen) atoms. The second kappa shape index (κ2) is 8.03. The van der Waals surface area contributed by atoms with Gasteiger partial charge in [-0.15, -0.1) is 0 Å². The lowest BCUT2D eigenvalue weighted by molar-refractivity contribution is -0.386. The molecule has 0 fully saturated rings. The van der Waals surface area contributed by atoms with Crippen LogP contribution in [0.25, 0.3) is 0 Å². The van der Waals surface area contributed by atoms with Gasteiger partial charge in [0.2, 0.25) is 0 Å². The quantitative estimate of drug-likeness (QED) is 0.520. The van der Waals surface area contributed by atoms with Gasteiger partial charge in [0.1, 0.15) is 18.5 Å². The molecule has 0 aliphatic heterocycles. The zero-order valence-electron chi connectivity index (χ0n) is 15.5. The highest BCUT2D eigenvalue weighted by Crippen LogP contribution is 2.39. The highest BCUT2D eigenvalue weighted by Gasteiger charge is 2.25. The molecule has 2 aromatic carbocycles. The molecule has 2 aromatic rings. The van der Waals surface area contributed by atoms with Gasteiger partial charge in [-0.1, -0.05) is 0 Å². The average Bonchev–Trinajstić information content (AvgIpc) is 2.62. The van der Waals surface area contributed by atoms with Crippen LogP contribution in [0.5, 0.6) is 17.2 Å². The maximum absolute atomic E-state index is 12.9. The molecule has 0 spiro atoms. The van der Waals surface area contributed by atoms with Crippen LogP contribution in [-0.4, -0.2) is 19.1 Å². The topological polar surface area (TPSA) is 70.8 Å². The summed E-state index contributed by atoms with van der Waals surface area (Å²) in [5, 5.41) is 11.5. The van der Waals surface area contributed by atoms with Crippen molar-refractivity contribution in [2.75, 3.05) is 14.2 Å². The summed E-state index contributed by atoms with van der Waals surface area (Å²) in [5.41, 5.74) is 2.35. The van der Waals surface area contributed by atoms with Crippen molar-refractivity contribution < 1.29 is 23.5 Å². The molecule has 140 valence electrons. The summed E-state index contributed by atoms with van der Waals surface area (Å²) in [6.07, 6.45) is -0.621. The highest BCUT2D eigenvalue weighted by atomic mass is 19.1. The van der Waals surface area contributed by atoms with E-state index in [1.165, 1.54) is 20.3 Å². The van der Waals surface area contributed by atoms with Crippen LogP contribution < -0.4 is 14.2 Å². The fourth-order valence-electron chi connectivity index (χ4n) is 2.91. The van der Waals surface area contributed by atoms with Crippen LogP contribution in [0, 0.1) is 24.0 Å². The first-order valence-electron chi connectivity index (χ1n) is 8.05. The number of ether oxygens (including phenoxy) is 3. The maximum atomic E-state index is 12.9. The number of rotatable bonds is 7. The molecule has 0 radical (unpaired) electrons. The number of benzene rings is 2. The van der Waals surface area contributed by atoms with Crippen molar-refractivity contribution in [3.8, 4) is 17.2 Å². The molecule has 0 aliphatic carbocycles. The highest BCUT2D eigenvalue weighted by molar-refractivity contribution is 5.55. The van der Waals surface area contributed by atoms with Crippen LogP contribution in [0.4, 0.5) is 10.1 Å². The Labute approximate surface area is 151 Å². The monoisotopic (exact) mass is 363 g/mol. The molecule has 1 unspecified atom stereocenters. The summed E-state index contributed by atoms with van der Waals surface area (Å²) >= 11 is 0. The average molecular weight is 363 g/mol. The Morgan fingerprint density at radius 1 is 1.08 bits per heavy atom. The van der Waals surface area contributed by atoms with Gasteiger partial charge < -0.3 is 14.2 Å². The molecule has 0 aromatic heterocycles. The minimum absolute atomic E-state index is 0.120. The fraction of sp³-hybridized carbons (Fsp3) is 0.368. The summed E-state index contributed by atoms with van der Waals surface area (Å²) in [4.78, 5) is 11.0. The lowest BCUT2D eigenvalue weighted by Gasteiger charge is -2.20. The smallest absolute Gasteiger partial charge is 0.280 e. The molecule has 0 bridgehead atoms. The number of aryl methyl sites for hydroxylation is 2. The van der Waals surface area contributed by atoms with E-state index in [0.29, 0.717) is 22.6 Å². The van der Waals surface area contributed by atoms with Crippen LogP contribution in [0.2, 0.25) is 0 Å². The summed E-state index contributed by atoms with van der Waals surface area (Å²) in [5.74, 6) is 1.23. The molecule has 0 heterocycles. The zero-order valence-corrected chi connectivity index (χ0v) is 15.5. The number of nitro benzene ring substituents is 1. The largest absolute Gasteiger partial charge is 0.493 e. The van der Waals surface area contributed by atoms with E-state index in [-0.39, 0.29) is 11.4 Å². The van der Waals surface area contributed by atoms with E-state index in [2.05, 4.69) is 0 Å². The molecule has 0 saturated heterocycles. The standard InChI is InChI=1S/C19H22FNO5/c1-11-6-14(10-20)7-12(2)19(11)26-13(3)15-8-17(24-4)18(25-5)9-16(15)21(22)23/h6-9,13H,10H2,1-5H3. The van der Waals surface area contributed by atoms with Gasteiger partial charge in [0.15, 0.2) is 11.5 Å². The third-order valence-corrected chi connectivity index (χ3v) is 4.14. The lowest BCUT2D eigenvalue weighted by atomic mass is 10.0. The lowest BCUT2D eigenvalue weighted by Crippen LogP contribution is -2.09. The fourth-order valence-corrected chi connectivity index (χ4v) is 2.91. The van der Waals surface area contributed by atoms with Crippen LogP contribution >= 0.6 is 0 Å². The van der Waals surface area contributed by atoms with Crippen molar-refractivity contribution in [1.82, 2.24) is 0 Å². The Hall–Kier alpha value is -2.83. The van der Waals surface area contributed by atoms with E-state index in [1.54, 1.807) is 25.1 Å². The Bertz CT molecular complexity index is 799. The third kappa shape index (κ3) is 3.87. The first-order valence-corrected chi connectivity index (χ1v) is 8.05. The first-order chi connectivity index (χ1) is 12.3. The van der Waals surface area contributed by atoms with Crippen molar-refractivity contribution >= 4 is 5.69 Å². The Morgan fingerprint density at radius 3 is 2.08 bits per heavy atom. The summed E-state index contributed by atoms with van der Waals surface area (Å²) in [6, 6.07) is 6.28. The van der Waals surface area contributed by atoms with E-state index in [0.717, 1.165) is 11.1 Å². The summed E-state index contributed by atoms with van der Waals surface area (Å²) in [6.45, 7) is 4.79. The van der Waals surface area contributed by atoms with Gasteiger partial charge in [0.05, 0.1) is 30.8 Å². The SMILES string of the molecule is COc1cc(C(C)Oc2c(C)cc(CF)cc2C)c([N+](=O)[O-])cc1OC. The molecule has 7 heteroatoms. The molecule has 0 saturated carbocycles. The number of hydrogen-bond donors (Lipinski definition) is 0. The van der Waals surface area contributed by atoms with E-state index in [4.69, 9.17) is 14.2 Å². The molecule has 0 N–H and O–H groups in total. The maximum Gasteiger partial charge on any atom is 0.280 e. The molecule has 0 amide bonds. The van der Waals surface area contributed by atoms with Crippen molar-refractivity contribution in [2.45, 2.75) is 33.5 Å². The number of nitro groups is 1. The van der Waals surface area contributed by atoms with Gasteiger partial charge in [-0.3, -0.25) is 10.1 Å². The van der Waals surface area contributed by atoms with Gasteiger partial charge in [0.25, 0.3) is 5.69 Å². The second-order valence-electron chi connectivity index (χ2n) is 5.98. The second-order valence-corrected chi connectivity index (χ2v) is 5.98.